The average molecular weight is 292 g/mol. The second kappa shape index (κ2) is 6.16. The van der Waals surface area contributed by atoms with E-state index in [4.69, 9.17) is 0 Å². The molecule has 1 aromatic heterocycles. The molecule has 0 saturated heterocycles. The Balaban J connectivity index is 2.02. The van der Waals surface area contributed by atoms with Crippen LogP contribution in [-0.4, -0.2) is 22.5 Å². The fourth-order valence-corrected chi connectivity index (χ4v) is 2.42. The summed E-state index contributed by atoms with van der Waals surface area (Å²) >= 11 is 1.57. The van der Waals surface area contributed by atoms with Crippen LogP contribution in [0.3, 0.4) is 0 Å². The summed E-state index contributed by atoms with van der Waals surface area (Å²) in [6.45, 7) is 0.400. The Morgan fingerprint density at radius 3 is 2.85 bits per heavy atom. The van der Waals surface area contributed by atoms with E-state index in [1.165, 1.54) is 12.1 Å². The van der Waals surface area contributed by atoms with Crippen LogP contribution in [0.25, 0.3) is 0 Å². The lowest BCUT2D eigenvalue weighted by molar-refractivity contribution is -0.385. The number of nitrogens with one attached hydrogen (secondary N) is 1. The van der Waals surface area contributed by atoms with Crippen molar-refractivity contribution < 1.29 is 14.8 Å². The molecule has 0 aliphatic rings. The number of nitro benzene ring substituents is 1. The first kappa shape index (κ1) is 14.0. The highest BCUT2D eigenvalue weighted by Gasteiger charge is 2.20. The Labute approximate surface area is 118 Å². The standard InChI is InChI=1S/C13H12N2O4S/c16-12-10(2-1-3-11(12)15(18)19)13(17)14-6-4-9-5-7-20-8-9/h1-3,5,7-8,16H,4,6H2,(H,14,17). The quantitative estimate of drug-likeness (QED) is 0.653. The summed E-state index contributed by atoms with van der Waals surface area (Å²) < 4.78 is 0. The summed E-state index contributed by atoms with van der Waals surface area (Å²) in [4.78, 5) is 21.8. The number of amides is 1. The molecule has 1 aromatic carbocycles. The van der Waals surface area contributed by atoms with Crippen molar-refractivity contribution in [3.05, 3.63) is 56.3 Å². The molecule has 2 aromatic rings. The molecule has 2 N–H and O–H groups in total. The van der Waals surface area contributed by atoms with Gasteiger partial charge in [-0.1, -0.05) is 6.07 Å². The Hall–Kier alpha value is -2.41. The predicted molar refractivity (Wildman–Crippen MR) is 75.1 cm³/mol. The summed E-state index contributed by atoms with van der Waals surface area (Å²) in [5, 5.41) is 27.0. The summed E-state index contributed by atoms with van der Waals surface area (Å²) in [6, 6.07) is 5.83. The fourth-order valence-electron chi connectivity index (χ4n) is 1.71. The summed E-state index contributed by atoms with van der Waals surface area (Å²) in [5.74, 6) is -1.13. The molecule has 7 heteroatoms. The number of thiophene rings is 1. The summed E-state index contributed by atoms with van der Waals surface area (Å²) in [5.41, 5.74) is 0.540. The minimum atomic E-state index is -0.725. The van der Waals surface area contributed by atoms with Crippen molar-refractivity contribution in [2.75, 3.05) is 6.54 Å². The lowest BCUT2D eigenvalue weighted by Gasteiger charge is -2.06. The van der Waals surface area contributed by atoms with Crippen LogP contribution in [0.1, 0.15) is 15.9 Å². The van der Waals surface area contributed by atoms with Gasteiger partial charge in [-0.15, -0.1) is 0 Å². The van der Waals surface area contributed by atoms with Gasteiger partial charge in [0.25, 0.3) is 5.91 Å². The van der Waals surface area contributed by atoms with E-state index < -0.39 is 22.3 Å². The van der Waals surface area contributed by atoms with Crippen LogP contribution >= 0.6 is 11.3 Å². The van der Waals surface area contributed by atoms with E-state index in [1.54, 1.807) is 11.3 Å². The number of phenols is 1. The van der Waals surface area contributed by atoms with Gasteiger partial charge in [0.05, 0.1) is 10.5 Å². The molecular weight excluding hydrogens is 280 g/mol. The molecule has 0 bridgehead atoms. The van der Waals surface area contributed by atoms with Crippen molar-refractivity contribution in [2.24, 2.45) is 0 Å². The lowest BCUT2D eigenvalue weighted by atomic mass is 10.1. The van der Waals surface area contributed by atoms with Gasteiger partial charge in [0, 0.05) is 12.6 Å². The molecule has 2 rings (SSSR count). The van der Waals surface area contributed by atoms with E-state index in [1.807, 2.05) is 16.8 Å². The molecule has 20 heavy (non-hydrogen) atoms. The largest absolute Gasteiger partial charge is 0.502 e. The fraction of sp³-hybridized carbons (Fsp3) is 0.154. The third-order valence-electron chi connectivity index (χ3n) is 2.74. The topological polar surface area (TPSA) is 92.5 Å². The molecule has 0 fully saturated rings. The Kier molecular flexibility index (Phi) is 4.31. The summed E-state index contributed by atoms with van der Waals surface area (Å²) in [6.07, 6.45) is 0.672. The molecule has 1 amide bonds. The molecule has 1 heterocycles. The van der Waals surface area contributed by atoms with E-state index >= 15 is 0 Å². The van der Waals surface area contributed by atoms with Gasteiger partial charge in [-0.05, 0) is 34.9 Å². The van der Waals surface area contributed by atoms with Gasteiger partial charge in [-0.2, -0.15) is 11.3 Å². The maximum atomic E-state index is 11.9. The van der Waals surface area contributed by atoms with Gasteiger partial charge < -0.3 is 10.4 Å². The van der Waals surface area contributed by atoms with Crippen LogP contribution in [0, 0.1) is 10.1 Å². The van der Waals surface area contributed by atoms with Crippen LogP contribution in [0.4, 0.5) is 5.69 Å². The third-order valence-corrected chi connectivity index (χ3v) is 3.47. The number of rotatable bonds is 5. The smallest absolute Gasteiger partial charge is 0.311 e. The Morgan fingerprint density at radius 2 is 2.20 bits per heavy atom. The number of hydrogen-bond acceptors (Lipinski definition) is 5. The molecule has 6 nitrogen and oxygen atoms in total. The van der Waals surface area contributed by atoms with E-state index in [-0.39, 0.29) is 5.56 Å². The Morgan fingerprint density at radius 1 is 1.40 bits per heavy atom. The predicted octanol–water partition coefficient (Wildman–Crippen LogP) is 2.33. The lowest BCUT2D eigenvalue weighted by Crippen LogP contribution is -2.25. The number of carbonyl (C=O) groups is 1. The van der Waals surface area contributed by atoms with Crippen molar-refractivity contribution in [3.8, 4) is 5.75 Å². The minimum absolute atomic E-state index is 0.0930. The van der Waals surface area contributed by atoms with Crippen LogP contribution in [0.5, 0.6) is 5.75 Å². The van der Waals surface area contributed by atoms with E-state index in [9.17, 15) is 20.0 Å². The number of benzene rings is 1. The van der Waals surface area contributed by atoms with Gasteiger partial charge in [0.15, 0.2) is 0 Å². The third kappa shape index (κ3) is 3.12. The number of carbonyl (C=O) groups excluding carboxylic acids is 1. The van der Waals surface area contributed by atoms with Crippen molar-refractivity contribution in [1.29, 1.82) is 0 Å². The van der Waals surface area contributed by atoms with Crippen LogP contribution in [0.2, 0.25) is 0 Å². The highest BCUT2D eigenvalue weighted by Crippen LogP contribution is 2.28. The number of hydrogen-bond donors (Lipinski definition) is 2. The number of phenolic OH excluding ortho intramolecular Hbond substituents is 1. The first-order valence-corrected chi connectivity index (χ1v) is 6.79. The van der Waals surface area contributed by atoms with Gasteiger partial charge in [-0.25, -0.2) is 0 Å². The molecule has 104 valence electrons. The van der Waals surface area contributed by atoms with E-state index in [0.29, 0.717) is 13.0 Å². The van der Waals surface area contributed by atoms with E-state index in [0.717, 1.165) is 11.6 Å². The van der Waals surface area contributed by atoms with Crippen molar-refractivity contribution >= 4 is 22.9 Å². The van der Waals surface area contributed by atoms with Gasteiger partial charge >= 0.3 is 5.69 Å². The maximum Gasteiger partial charge on any atom is 0.311 e. The van der Waals surface area contributed by atoms with Gasteiger partial charge in [-0.3, -0.25) is 14.9 Å². The second-order valence-corrected chi connectivity index (χ2v) is 4.85. The monoisotopic (exact) mass is 292 g/mol. The van der Waals surface area contributed by atoms with Crippen LogP contribution in [-0.2, 0) is 6.42 Å². The van der Waals surface area contributed by atoms with Crippen molar-refractivity contribution in [1.82, 2.24) is 5.32 Å². The van der Waals surface area contributed by atoms with Crippen LogP contribution in [0.15, 0.2) is 35.0 Å². The maximum absolute atomic E-state index is 11.9. The highest BCUT2D eigenvalue weighted by molar-refractivity contribution is 7.07. The Bertz CT molecular complexity index is 625. The zero-order valence-electron chi connectivity index (χ0n) is 10.4. The first-order chi connectivity index (χ1) is 9.59. The van der Waals surface area contributed by atoms with E-state index in [2.05, 4.69) is 5.32 Å². The highest BCUT2D eigenvalue weighted by atomic mass is 32.1. The van der Waals surface area contributed by atoms with Crippen LogP contribution < -0.4 is 5.32 Å². The minimum Gasteiger partial charge on any atom is -0.502 e. The number of nitro groups is 1. The SMILES string of the molecule is O=C(NCCc1ccsc1)c1cccc([N+](=O)[O-])c1O. The summed E-state index contributed by atoms with van der Waals surface area (Å²) in [7, 11) is 0. The van der Waals surface area contributed by atoms with Crippen molar-refractivity contribution in [3.63, 3.8) is 0 Å². The number of nitrogens with zero attached hydrogens (tertiary/aromatic N) is 1. The normalized spacial score (nSPS) is 10.2. The zero-order valence-corrected chi connectivity index (χ0v) is 11.2. The number of aromatic hydroxyl groups is 1. The molecule has 0 aliphatic carbocycles. The zero-order chi connectivity index (χ0) is 14.5. The first-order valence-electron chi connectivity index (χ1n) is 5.85. The van der Waals surface area contributed by atoms with Crippen molar-refractivity contribution in [2.45, 2.75) is 6.42 Å². The van der Waals surface area contributed by atoms with Gasteiger partial charge in [0.2, 0.25) is 5.75 Å². The molecule has 0 saturated carbocycles. The number of para-hydroxylation sites is 1. The molecule has 0 aliphatic heterocycles. The molecule has 0 unspecified atom stereocenters. The molecule has 0 radical (unpaired) electrons. The molecule has 0 spiro atoms. The molecular formula is C13H12N2O4S. The average Bonchev–Trinajstić information content (AvgIpc) is 2.91. The second-order valence-electron chi connectivity index (χ2n) is 4.07. The molecule has 0 atom stereocenters. The van der Waals surface area contributed by atoms with Gasteiger partial charge in [0.1, 0.15) is 0 Å².